The van der Waals surface area contributed by atoms with Gasteiger partial charge < -0.3 is 18.9 Å². The summed E-state index contributed by atoms with van der Waals surface area (Å²) in [6.45, 7) is 3.17. The Morgan fingerprint density at radius 3 is 2.60 bits per heavy atom. The molecule has 1 heterocycles. The predicted octanol–water partition coefficient (Wildman–Crippen LogP) is 2.67. The van der Waals surface area contributed by atoms with E-state index in [9.17, 15) is 9.59 Å². The van der Waals surface area contributed by atoms with Crippen molar-refractivity contribution in [3.63, 3.8) is 0 Å². The van der Waals surface area contributed by atoms with E-state index in [-0.39, 0.29) is 31.7 Å². The molecule has 1 aliphatic rings. The molecule has 1 saturated heterocycles. The van der Waals surface area contributed by atoms with Gasteiger partial charge in [-0.2, -0.15) is 0 Å². The van der Waals surface area contributed by atoms with Crippen LogP contribution in [0, 0.1) is 0 Å². The maximum absolute atomic E-state index is 11.2. The fraction of sp³-hybridized carbons (Fsp3) is 0.579. The van der Waals surface area contributed by atoms with E-state index in [0.29, 0.717) is 12.4 Å². The topological polar surface area (TPSA) is 71.1 Å². The minimum Gasteiger partial charge on any atom is -0.490 e. The van der Waals surface area contributed by atoms with Crippen LogP contribution in [0.5, 0.6) is 5.75 Å². The molecule has 0 amide bonds. The van der Waals surface area contributed by atoms with Gasteiger partial charge in [-0.25, -0.2) is 0 Å². The average molecular weight is 350 g/mol. The van der Waals surface area contributed by atoms with Crippen LogP contribution in [0.2, 0.25) is 0 Å². The Hall–Kier alpha value is -1.92. The van der Waals surface area contributed by atoms with Gasteiger partial charge in [0.1, 0.15) is 31.2 Å². The third-order valence-electron chi connectivity index (χ3n) is 3.76. The Labute approximate surface area is 148 Å². The molecule has 6 nitrogen and oxygen atoms in total. The van der Waals surface area contributed by atoms with E-state index in [1.807, 2.05) is 24.3 Å². The lowest BCUT2D eigenvalue weighted by molar-refractivity contribution is -0.161. The number of carbonyl (C=O) groups excluding carboxylic acids is 2. The van der Waals surface area contributed by atoms with Crippen LogP contribution in [0.1, 0.15) is 38.2 Å². The van der Waals surface area contributed by atoms with Crippen LogP contribution in [0.15, 0.2) is 24.3 Å². The van der Waals surface area contributed by atoms with Crippen LogP contribution >= 0.6 is 0 Å². The van der Waals surface area contributed by atoms with Gasteiger partial charge in [0.15, 0.2) is 6.29 Å². The normalized spacial score (nSPS) is 17.1. The van der Waals surface area contributed by atoms with Crippen LogP contribution in [0.4, 0.5) is 0 Å². The summed E-state index contributed by atoms with van der Waals surface area (Å²) >= 11 is 0. The number of Topliss-reactive ketones (excluding diaryl/α,β-unsaturated/α-hetero) is 1. The monoisotopic (exact) mass is 350 g/mol. The van der Waals surface area contributed by atoms with Crippen LogP contribution in [0.3, 0.4) is 0 Å². The zero-order valence-electron chi connectivity index (χ0n) is 14.7. The molecule has 0 radical (unpaired) electrons. The quantitative estimate of drug-likeness (QED) is 0.367. The van der Waals surface area contributed by atoms with Gasteiger partial charge in [0, 0.05) is 6.61 Å². The minimum atomic E-state index is -0.520. The third kappa shape index (κ3) is 8.14. The fourth-order valence-electron chi connectivity index (χ4n) is 2.47. The molecule has 25 heavy (non-hydrogen) atoms. The first kappa shape index (κ1) is 19.4. The lowest BCUT2D eigenvalue weighted by Crippen LogP contribution is -2.23. The van der Waals surface area contributed by atoms with E-state index in [1.165, 1.54) is 13.3 Å². The molecule has 138 valence electrons. The van der Waals surface area contributed by atoms with E-state index >= 15 is 0 Å². The van der Waals surface area contributed by atoms with Gasteiger partial charge >= 0.3 is 5.97 Å². The van der Waals surface area contributed by atoms with Gasteiger partial charge in [0.25, 0.3) is 0 Å². The van der Waals surface area contributed by atoms with E-state index in [0.717, 1.165) is 31.4 Å². The molecule has 0 N–H and O–H groups in total. The Balaban J connectivity index is 1.59. The van der Waals surface area contributed by atoms with E-state index in [4.69, 9.17) is 18.9 Å². The Morgan fingerprint density at radius 1 is 1.12 bits per heavy atom. The van der Waals surface area contributed by atoms with Crippen molar-refractivity contribution in [2.45, 2.75) is 45.3 Å². The van der Waals surface area contributed by atoms with Crippen molar-refractivity contribution < 1.29 is 28.5 Å². The lowest BCUT2D eigenvalue weighted by Gasteiger charge is -2.22. The Bertz CT molecular complexity index is 533. The van der Waals surface area contributed by atoms with Crippen LogP contribution < -0.4 is 4.74 Å². The molecule has 1 aliphatic heterocycles. The SMILES string of the molecule is CC(=O)CC(=O)OCCOc1ccc(CCOC2CCCCO2)cc1. The summed E-state index contributed by atoms with van der Waals surface area (Å²) in [5.74, 6) is -0.0168. The highest BCUT2D eigenvalue weighted by Gasteiger charge is 2.13. The summed E-state index contributed by atoms with van der Waals surface area (Å²) in [6.07, 6.45) is 3.84. The lowest BCUT2D eigenvalue weighted by atomic mass is 10.1. The summed E-state index contributed by atoms with van der Waals surface area (Å²) in [6, 6.07) is 7.73. The van der Waals surface area contributed by atoms with E-state index in [2.05, 4.69) is 0 Å². The van der Waals surface area contributed by atoms with E-state index < -0.39 is 5.97 Å². The number of esters is 1. The molecular formula is C19H26O6. The van der Waals surface area contributed by atoms with Crippen LogP contribution in [-0.4, -0.2) is 44.5 Å². The third-order valence-corrected chi connectivity index (χ3v) is 3.76. The molecule has 0 aliphatic carbocycles. The van der Waals surface area contributed by atoms with Gasteiger partial charge in [-0.15, -0.1) is 0 Å². The van der Waals surface area contributed by atoms with Crippen molar-refractivity contribution in [1.82, 2.24) is 0 Å². The zero-order valence-corrected chi connectivity index (χ0v) is 14.7. The number of hydrogen-bond donors (Lipinski definition) is 0. The molecule has 1 atom stereocenters. The van der Waals surface area contributed by atoms with Gasteiger partial charge in [0.2, 0.25) is 0 Å². The van der Waals surface area contributed by atoms with Crippen molar-refractivity contribution in [1.29, 1.82) is 0 Å². The molecular weight excluding hydrogens is 324 g/mol. The van der Waals surface area contributed by atoms with Crippen molar-refractivity contribution >= 4 is 11.8 Å². The maximum Gasteiger partial charge on any atom is 0.313 e. The Kier molecular flexibility index (Phi) is 8.42. The summed E-state index contributed by atoms with van der Waals surface area (Å²) in [4.78, 5) is 22.0. The molecule has 0 aromatic heterocycles. The molecule has 0 bridgehead atoms. The van der Waals surface area contributed by atoms with E-state index in [1.54, 1.807) is 0 Å². The number of benzene rings is 1. The molecule has 6 heteroatoms. The first-order valence-corrected chi connectivity index (χ1v) is 8.73. The first-order valence-electron chi connectivity index (χ1n) is 8.73. The molecule has 1 unspecified atom stereocenters. The second-order valence-corrected chi connectivity index (χ2v) is 6.01. The highest BCUT2D eigenvalue weighted by Crippen LogP contribution is 2.15. The minimum absolute atomic E-state index is 0.0536. The van der Waals surface area contributed by atoms with Crippen molar-refractivity contribution in [3.05, 3.63) is 29.8 Å². The van der Waals surface area contributed by atoms with Gasteiger partial charge in [-0.05, 0) is 50.3 Å². The summed E-state index contributed by atoms with van der Waals surface area (Å²) in [5.41, 5.74) is 1.16. The summed E-state index contributed by atoms with van der Waals surface area (Å²) < 4.78 is 21.7. The van der Waals surface area contributed by atoms with Crippen molar-refractivity contribution in [2.75, 3.05) is 26.4 Å². The van der Waals surface area contributed by atoms with Crippen LogP contribution in [-0.2, 0) is 30.2 Å². The molecule has 1 aromatic carbocycles. The summed E-state index contributed by atoms with van der Waals surface area (Å²) in [5, 5.41) is 0. The molecule has 1 fully saturated rings. The summed E-state index contributed by atoms with van der Waals surface area (Å²) in [7, 11) is 0. The maximum atomic E-state index is 11.2. The average Bonchev–Trinajstić information content (AvgIpc) is 2.60. The predicted molar refractivity (Wildman–Crippen MR) is 91.4 cm³/mol. The van der Waals surface area contributed by atoms with Gasteiger partial charge in [-0.3, -0.25) is 9.59 Å². The number of rotatable bonds is 10. The van der Waals surface area contributed by atoms with Gasteiger partial charge in [-0.1, -0.05) is 12.1 Å². The molecule has 1 aromatic rings. The largest absolute Gasteiger partial charge is 0.490 e. The molecule has 0 saturated carbocycles. The van der Waals surface area contributed by atoms with Crippen molar-refractivity contribution in [2.24, 2.45) is 0 Å². The zero-order chi connectivity index (χ0) is 17.9. The van der Waals surface area contributed by atoms with Gasteiger partial charge in [0.05, 0.1) is 6.61 Å². The molecule has 2 rings (SSSR count). The number of carbonyl (C=O) groups is 2. The fourth-order valence-corrected chi connectivity index (χ4v) is 2.47. The number of hydrogen-bond acceptors (Lipinski definition) is 6. The second-order valence-electron chi connectivity index (χ2n) is 6.01. The highest BCUT2D eigenvalue weighted by molar-refractivity contribution is 5.94. The van der Waals surface area contributed by atoms with Crippen molar-refractivity contribution in [3.8, 4) is 5.75 Å². The van der Waals surface area contributed by atoms with Crippen LogP contribution in [0.25, 0.3) is 0 Å². The number of ketones is 1. The number of ether oxygens (including phenoxy) is 4. The smallest absolute Gasteiger partial charge is 0.313 e. The standard InChI is InChI=1S/C19H26O6/c1-15(20)14-18(21)23-13-12-22-17-7-5-16(6-8-17)9-11-25-19-4-2-3-10-24-19/h5-8,19H,2-4,9-14H2,1H3. The highest BCUT2D eigenvalue weighted by atomic mass is 16.7. The first-order chi connectivity index (χ1) is 12.1. The second kappa shape index (κ2) is 10.8. The molecule has 0 spiro atoms. The Morgan fingerprint density at radius 2 is 1.92 bits per heavy atom.